The summed E-state index contributed by atoms with van der Waals surface area (Å²) in [5.74, 6) is 6.72. The molecule has 2 aliphatic rings. The third kappa shape index (κ3) is 7.38. The van der Waals surface area contributed by atoms with Crippen LogP contribution in [0.15, 0.2) is 126 Å². The Balaban J connectivity index is 0.00000226. The van der Waals surface area contributed by atoms with Gasteiger partial charge in [-0.05, 0) is 49.1 Å². The largest absolute Gasteiger partial charge is 0.398 e. The summed E-state index contributed by atoms with van der Waals surface area (Å²) in [4.78, 5) is 6.87. The number of imidazole rings is 1. The number of benzene rings is 1. The van der Waals surface area contributed by atoms with Crippen LogP contribution in [0.5, 0.6) is 0 Å². The topological polar surface area (TPSA) is 47.1 Å². The zero-order valence-corrected chi connectivity index (χ0v) is 24.5. The summed E-state index contributed by atoms with van der Waals surface area (Å²) in [5, 5.41) is 0. The molecule has 41 heavy (non-hydrogen) atoms. The minimum Gasteiger partial charge on any atom is -0.398 e. The fraction of sp³-hybridized carbons (Fsp3) is 0.216. The normalized spacial score (nSPS) is 16.5. The van der Waals surface area contributed by atoms with E-state index in [4.69, 9.17) is 5.73 Å². The molecule has 0 saturated carbocycles. The second-order valence-electron chi connectivity index (χ2n) is 9.71. The molecule has 1 atom stereocenters. The molecular formula is C37H40N4. The van der Waals surface area contributed by atoms with Crippen molar-refractivity contribution >= 4 is 6.08 Å². The maximum atomic E-state index is 6.83. The maximum Gasteiger partial charge on any atom is 0.0951 e. The van der Waals surface area contributed by atoms with Gasteiger partial charge in [0.1, 0.15) is 0 Å². The first-order chi connectivity index (χ1) is 20.0. The molecule has 0 fully saturated rings. The van der Waals surface area contributed by atoms with Crippen molar-refractivity contribution in [3.63, 3.8) is 0 Å². The third-order valence-corrected chi connectivity index (χ3v) is 7.25. The van der Waals surface area contributed by atoms with Crippen LogP contribution in [0.25, 0.3) is 6.08 Å². The second kappa shape index (κ2) is 15.0. The number of terminal acetylenes is 1. The molecule has 1 aromatic heterocycles. The standard InChI is InChI=1S/C35H38N4.C2H2/c1-6-11-30-19-21-31(20-18-29(30)8-3)33-12-10-13-34(26(5)35(33)36)38(9-4)24-32-22-37-25-39(32)23-28-16-14-27(7-2)15-17-28;1-2/h6-8,10-12,14-17,19,21-22,25,29H,2-3,9,13,23-24,36H2,1,4-5H3;1-2H/b11-6-;. The van der Waals surface area contributed by atoms with Gasteiger partial charge in [0.05, 0.1) is 24.5 Å². The molecule has 0 saturated heterocycles. The number of aromatic nitrogens is 2. The zero-order chi connectivity index (χ0) is 29.8. The lowest BCUT2D eigenvalue weighted by atomic mass is 9.99. The van der Waals surface area contributed by atoms with E-state index in [1.165, 1.54) is 11.3 Å². The number of nitrogens with zero attached hydrogens (tertiary/aromatic N) is 3. The molecule has 2 aromatic rings. The third-order valence-electron chi connectivity index (χ3n) is 7.25. The summed E-state index contributed by atoms with van der Waals surface area (Å²) < 4.78 is 2.22. The Bertz CT molecular complexity index is 1520. The molecule has 4 heteroatoms. The smallest absolute Gasteiger partial charge is 0.0951 e. The highest BCUT2D eigenvalue weighted by atomic mass is 15.2. The van der Waals surface area contributed by atoms with Crippen LogP contribution in [0, 0.1) is 30.6 Å². The van der Waals surface area contributed by atoms with E-state index in [9.17, 15) is 0 Å². The van der Waals surface area contributed by atoms with Crippen molar-refractivity contribution in [2.75, 3.05) is 6.54 Å². The Labute approximate surface area is 246 Å². The monoisotopic (exact) mass is 540 g/mol. The first kappa shape index (κ1) is 30.6. The van der Waals surface area contributed by atoms with Gasteiger partial charge >= 0.3 is 0 Å². The van der Waals surface area contributed by atoms with Gasteiger partial charge in [-0.2, -0.15) is 0 Å². The Morgan fingerprint density at radius 3 is 2.61 bits per heavy atom. The average molecular weight is 541 g/mol. The molecule has 0 bridgehead atoms. The quantitative estimate of drug-likeness (QED) is 0.253. The SMILES string of the molecule is C#C.C=Cc1ccc(Cn2cncc2CN(CC)C2=C(C)C(N)=C(C3=CC=C(/C=C\C)C(C=C)C#C3)C=CC2)cc1. The summed E-state index contributed by atoms with van der Waals surface area (Å²) in [7, 11) is 0. The number of hydrogen-bond acceptors (Lipinski definition) is 3. The van der Waals surface area contributed by atoms with E-state index in [1.807, 2.05) is 37.7 Å². The van der Waals surface area contributed by atoms with Crippen LogP contribution in [-0.2, 0) is 13.1 Å². The van der Waals surface area contributed by atoms with Crippen LogP contribution < -0.4 is 5.73 Å². The second-order valence-corrected chi connectivity index (χ2v) is 9.71. The highest BCUT2D eigenvalue weighted by Gasteiger charge is 2.19. The number of rotatable bonds is 10. The molecule has 0 radical (unpaired) electrons. The van der Waals surface area contributed by atoms with Gasteiger partial charge in [0.2, 0.25) is 0 Å². The molecular weight excluding hydrogens is 500 g/mol. The fourth-order valence-electron chi connectivity index (χ4n) is 4.93. The summed E-state index contributed by atoms with van der Waals surface area (Å²) in [6, 6.07) is 8.48. The molecule has 208 valence electrons. The highest BCUT2D eigenvalue weighted by molar-refractivity contribution is 5.61. The summed E-state index contributed by atoms with van der Waals surface area (Å²) in [6.07, 6.45) is 29.1. The van der Waals surface area contributed by atoms with Gasteiger partial charge in [0.15, 0.2) is 0 Å². The lowest BCUT2D eigenvalue weighted by molar-refractivity contribution is 0.336. The molecule has 1 heterocycles. The van der Waals surface area contributed by atoms with Gasteiger partial charge in [0.25, 0.3) is 0 Å². The molecule has 0 spiro atoms. The molecule has 1 unspecified atom stereocenters. The van der Waals surface area contributed by atoms with E-state index >= 15 is 0 Å². The van der Waals surface area contributed by atoms with Crippen LogP contribution in [0.4, 0.5) is 0 Å². The van der Waals surface area contributed by atoms with Gasteiger partial charge < -0.3 is 15.2 Å². The predicted octanol–water partition coefficient (Wildman–Crippen LogP) is 7.34. The van der Waals surface area contributed by atoms with Crippen LogP contribution in [0.1, 0.15) is 44.0 Å². The molecule has 2 N–H and O–H groups in total. The highest BCUT2D eigenvalue weighted by Crippen LogP contribution is 2.30. The number of hydrogen-bond donors (Lipinski definition) is 1. The minimum absolute atomic E-state index is 0.000843. The van der Waals surface area contributed by atoms with E-state index in [-0.39, 0.29) is 5.92 Å². The molecule has 4 nitrogen and oxygen atoms in total. The predicted molar refractivity (Wildman–Crippen MR) is 174 cm³/mol. The van der Waals surface area contributed by atoms with E-state index in [0.717, 1.165) is 65.3 Å². The van der Waals surface area contributed by atoms with E-state index in [1.54, 1.807) is 0 Å². The first-order valence-corrected chi connectivity index (χ1v) is 13.8. The summed E-state index contributed by atoms with van der Waals surface area (Å²) in [5.41, 5.74) is 16.5. The van der Waals surface area contributed by atoms with Crippen molar-refractivity contribution in [1.82, 2.24) is 14.5 Å². The van der Waals surface area contributed by atoms with E-state index in [0.29, 0.717) is 0 Å². The number of nitrogens with two attached hydrogens (primary N) is 1. The van der Waals surface area contributed by atoms with Crippen LogP contribution in [0.2, 0.25) is 0 Å². The summed E-state index contributed by atoms with van der Waals surface area (Å²) in [6.45, 7) is 16.5. The Morgan fingerprint density at radius 2 is 1.95 bits per heavy atom. The van der Waals surface area contributed by atoms with Crippen molar-refractivity contribution < 1.29 is 0 Å². The van der Waals surface area contributed by atoms with Crippen molar-refractivity contribution in [3.8, 4) is 24.7 Å². The van der Waals surface area contributed by atoms with Gasteiger partial charge in [-0.3, -0.25) is 0 Å². The molecule has 1 aromatic carbocycles. The van der Waals surface area contributed by atoms with Crippen molar-refractivity contribution in [2.24, 2.45) is 11.7 Å². The van der Waals surface area contributed by atoms with Crippen molar-refractivity contribution in [1.29, 1.82) is 0 Å². The average Bonchev–Trinajstić information content (AvgIpc) is 3.26. The molecule has 0 aliphatic heterocycles. The van der Waals surface area contributed by atoms with Gasteiger partial charge in [-0.1, -0.05) is 85.2 Å². The van der Waals surface area contributed by atoms with Crippen LogP contribution in [-0.4, -0.2) is 21.0 Å². The Kier molecular flexibility index (Phi) is 11.2. The van der Waals surface area contributed by atoms with Crippen LogP contribution in [0.3, 0.4) is 0 Å². The number of allylic oxidation sites excluding steroid dienone is 11. The van der Waals surface area contributed by atoms with E-state index in [2.05, 4.69) is 121 Å². The zero-order valence-electron chi connectivity index (χ0n) is 24.5. The van der Waals surface area contributed by atoms with Gasteiger partial charge in [0, 0.05) is 48.2 Å². The maximum absolute atomic E-state index is 6.83. The fourth-order valence-corrected chi connectivity index (χ4v) is 4.93. The lowest BCUT2D eigenvalue weighted by Gasteiger charge is -2.28. The molecule has 2 aliphatic carbocycles. The van der Waals surface area contributed by atoms with Crippen LogP contribution >= 0.6 is 0 Å². The minimum atomic E-state index is -0.000843. The molecule has 4 rings (SSSR count). The van der Waals surface area contributed by atoms with Crippen molar-refractivity contribution in [3.05, 3.63) is 143 Å². The van der Waals surface area contributed by atoms with Gasteiger partial charge in [-0.15, -0.1) is 19.4 Å². The molecule has 0 amide bonds. The van der Waals surface area contributed by atoms with Crippen molar-refractivity contribution in [2.45, 2.75) is 40.3 Å². The Morgan fingerprint density at radius 1 is 1.20 bits per heavy atom. The summed E-state index contributed by atoms with van der Waals surface area (Å²) >= 11 is 0. The lowest BCUT2D eigenvalue weighted by Crippen LogP contribution is -2.25. The van der Waals surface area contributed by atoms with E-state index < -0.39 is 0 Å². The van der Waals surface area contributed by atoms with Gasteiger partial charge in [-0.25, -0.2) is 4.98 Å². The Hall–Kier alpha value is -4.93. The first-order valence-electron chi connectivity index (χ1n) is 13.8.